The van der Waals surface area contributed by atoms with Crippen LogP contribution in [0.2, 0.25) is 5.02 Å². The van der Waals surface area contributed by atoms with Crippen LogP contribution in [0.4, 0.5) is 5.69 Å². The van der Waals surface area contributed by atoms with E-state index in [0.717, 1.165) is 5.56 Å². The van der Waals surface area contributed by atoms with Crippen LogP contribution in [0.1, 0.15) is 23.9 Å². The molecule has 1 aliphatic heterocycles. The molecule has 0 fully saturated rings. The van der Waals surface area contributed by atoms with Gasteiger partial charge in [-0.25, -0.2) is 4.98 Å². The van der Waals surface area contributed by atoms with Crippen LogP contribution in [0.3, 0.4) is 0 Å². The molecule has 3 aromatic rings. The molecule has 8 heteroatoms. The van der Waals surface area contributed by atoms with E-state index in [4.69, 9.17) is 16.3 Å². The second-order valence-electron chi connectivity index (χ2n) is 6.99. The third-order valence-electron chi connectivity index (χ3n) is 4.96. The van der Waals surface area contributed by atoms with Crippen molar-refractivity contribution in [3.05, 3.63) is 77.3 Å². The summed E-state index contributed by atoms with van der Waals surface area (Å²) in [5.41, 5.74) is 1.43. The zero-order valence-corrected chi connectivity index (χ0v) is 17.2. The number of imidazole rings is 1. The van der Waals surface area contributed by atoms with Crippen LogP contribution in [-0.4, -0.2) is 34.5 Å². The molecule has 1 atom stereocenters. The molecule has 7 nitrogen and oxygen atoms in total. The fourth-order valence-corrected chi connectivity index (χ4v) is 3.58. The number of hydrogen-bond donors (Lipinski definition) is 1. The third-order valence-corrected chi connectivity index (χ3v) is 5.21. The second-order valence-corrected chi connectivity index (χ2v) is 7.43. The summed E-state index contributed by atoms with van der Waals surface area (Å²) in [6.07, 6.45) is 3.70. The van der Waals surface area contributed by atoms with Crippen LogP contribution in [0.15, 0.2) is 60.9 Å². The number of anilines is 1. The molecule has 2 heterocycles. The Hall–Kier alpha value is -3.32. The minimum Gasteiger partial charge on any atom is -0.491 e. The lowest BCUT2D eigenvalue weighted by Crippen LogP contribution is -2.42. The van der Waals surface area contributed by atoms with E-state index in [1.165, 1.54) is 4.90 Å². The number of nitrogens with zero attached hydrogens (tertiary/aromatic N) is 3. The number of ether oxygens (including phenoxy) is 1. The molecule has 0 spiro atoms. The lowest BCUT2D eigenvalue weighted by molar-refractivity contribution is -0.124. The topological polar surface area (TPSA) is 76.5 Å². The highest BCUT2D eigenvalue weighted by atomic mass is 35.5. The molecule has 2 aromatic carbocycles. The molecule has 0 aliphatic carbocycles. The Kier molecular flexibility index (Phi) is 5.72. The molecule has 2 amide bonds. The highest BCUT2D eigenvalue weighted by Gasteiger charge is 2.27. The predicted molar refractivity (Wildman–Crippen MR) is 114 cm³/mol. The summed E-state index contributed by atoms with van der Waals surface area (Å²) in [6, 6.07) is 14.0. The van der Waals surface area contributed by atoms with Crippen LogP contribution in [0.5, 0.6) is 5.75 Å². The molecule has 0 bridgehead atoms. The van der Waals surface area contributed by atoms with Gasteiger partial charge in [0.15, 0.2) is 0 Å². The van der Waals surface area contributed by atoms with Crippen molar-refractivity contribution in [3.8, 4) is 5.75 Å². The normalized spacial score (nSPS) is 14.5. The number of hydrogen-bond acceptors (Lipinski definition) is 4. The number of nitrogens with one attached hydrogen (secondary N) is 1. The van der Waals surface area contributed by atoms with Gasteiger partial charge in [-0.1, -0.05) is 35.9 Å². The van der Waals surface area contributed by atoms with Crippen LogP contribution in [-0.2, 0) is 16.6 Å². The number of aromatic nitrogens is 2. The van der Waals surface area contributed by atoms with Crippen LogP contribution >= 0.6 is 11.6 Å². The number of fused-ring (bicyclic) bond motifs is 1. The van der Waals surface area contributed by atoms with Crippen molar-refractivity contribution in [1.82, 2.24) is 14.9 Å². The van der Waals surface area contributed by atoms with Gasteiger partial charge in [0.2, 0.25) is 11.8 Å². The van der Waals surface area contributed by atoms with Crippen molar-refractivity contribution >= 4 is 29.1 Å². The van der Waals surface area contributed by atoms with E-state index in [9.17, 15) is 9.59 Å². The Morgan fingerprint density at radius 1 is 1.23 bits per heavy atom. The summed E-state index contributed by atoms with van der Waals surface area (Å²) in [6.45, 7) is 0.169. The lowest BCUT2D eigenvalue weighted by Gasteiger charge is -2.24. The average molecular weight is 425 g/mol. The van der Waals surface area contributed by atoms with E-state index in [0.29, 0.717) is 22.3 Å². The minimum absolute atomic E-state index is 0.117. The molecular weight excluding hydrogens is 404 g/mol. The Morgan fingerprint density at radius 3 is 2.73 bits per heavy atom. The molecule has 0 radical (unpaired) electrons. The highest BCUT2D eigenvalue weighted by Crippen LogP contribution is 2.31. The van der Waals surface area contributed by atoms with Crippen LogP contribution in [0.25, 0.3) is 0 Å². The van der Waals surface area contributed by atoms with E-state index in [2.05, 4.69) is 10.3 Å². The van der Waals surface area contributed by atoms with Gasteiger partial charge in [-0.3, -0.25) is 14.5 Å². The average Bonchev–Trinajstić information content (AvgIpc) is 3.10. The zero-order chi connectivity index (χ0) is 21.1. The number of aryl methyl sites for hydroxylation is 1. The van der Waals surface area contributed by atoms with Crippen LogP contribution < -0.4 is 15.0 Å². The summed E-state index contributed by atoms with van der Waals surface area (Å²) in [4.78, 5) is 31.5. The van der Waals surface area contributed by atoms with Gasteiger partial charge in [0.25, 0.3) is 0 Å². The number of amides is 2. The molecule has 1 N–H and O–H groups in total. The first-order chi connectivity index (χ1) is 14.5. The Balaban J connectivity index is 1.59. The van der Waals surface area contributed by atoms with E-state index in [-0.39, 0.29) is 31.4 Å². The fourth-order valence-electron chi connectivity index (χ4n) is 3.45. The SMILES string of the molecule is Cn1ccnc1[C@H](NC(=O)CN1C(=O)CCOc2ccccc21)c1ccc(Cl)cc1. The third kappa shape index (κ3) is 4.16. The van der Waals surface area contributed by atoms with Gasteiger partial charge in [0.1, 0.15) is 24.2 Å². The monoisotopic (exact) mass is 424 g/mol. The first-order valence-electron chi connectivity index (χ1n) is 9.57. The molecule has 0 saturated heterocycles. The summed E-state index contributed by atoms with van der Waals surface area (Å²) in [7, 11) is 1.86. The molecule has 4 rings (SSSR count). The first kappa shape index (κ1) is 20.0. The Morgan fingerprint density at radius 2 is 2.00 bits per heavy atom. The fraction of sp³-hybridized carbons (Fsp3) is 0.227. The minimum atomic E-state index is -0.483. The van der Waals surface area contributed by atoms with Crippen molar-refractivity contribution in [2.24, 2.45) is 7.05 Å². The van der Waals surface area contributed by atoms with Crippen molar-refractivity contribution in [2.75, 3.05) is 18.1 Å². The van der Waals surface area contributed by atoms with Gasteiger partial charge in [0, 0.05) is 24.5 Å². The molecule has 0 saturated carbocycles. The number of rotatable bonds is 5. The number of carbonyl (C=O) groups is 2. The molecule has 30 heavy (non-hydrogen) atoms. The Bertz CT molecular complexity index is 1060. The van der Waals surface area contributed by atoms with Gasteiger partial charge in [-0.2, -0.15) is 0 Å². The number of carbonyl (C=O) groups excluding carboxylic acids is 2. The number of para-hydroxylation sites is 2. The van der Waals surface area contributed by atoms with Crippen LogP contribution in [0, 0.1) is 0 Å². The molecule has 154 valence electrons. The van der Waals surface area contributed by atoms with Gasteiger partial charge < -0.3 is 14.6 Å². The van der Waals surface area contributed by atoms with Crippen molar-refractivity contribution in [2.45, 2.75) is 12.5 Å². The quantitative estimate of drug-likeness (QED) is 0.682. The smallest absolute Gasteiger partial charge is 0.240 e. The molecule has 1 aromatic heterocycles. The maximum atomic E-state index is 13.0. The van der Waals surface area contributed by atoms with E-state index in [1.807, 2.05) is 42.1 Å². The van der Waals surface area contributed by atoms with Gasteiger partial charge in [0.05, 0.1) is 18.7 Å². The second kappa shape index (κ2) is 8.59. The summed E-state index contributed by atoms with van der Waals surface area (Å²) < 4.78 is 7.49. The standard InChI is InChI=1S/C22H21ClN4O3/c1-26-12-11-24-22(26)21(15-6-8-16(23)9-7-15)25-19(28)14-27-17-4-2-3-5-18(17)30-13-10-20(27)29/h2-9,11-12,21H,10,13-14H2,1H3,(H,25,28)/t21-/m1/s1. The molecule has 0 unspecified atom stereocenters. The number of halogens is 1. The first-order valence-corrected chi connectivity index (χ1v) is 9.95. The Labute approximate surface area is 179 Å². The number of benzene rings is 2. The predicted octanol–water partition coefficient (Wildman–Crippen LogP) is 3.09. The van der Waals surface area contributed by atoms with Gasteiger partial charge in [-0.05, 0) is 29.8 Å². The summed E-state index contributed by atoms with van der Waals surface area (Å²) in [5.74, 6) is 0.809. The van der Waals surface area contributed by atoms with Crippen molar-refractivity contribution in [1.29, 1.82) is 0 Å². The van der Waals surface area contributed by atoms with Gasteiger partial charge >= 0.3 is 0 Å². The maximum absolute atomic E-state index is 13.0. The maximum Gasteiger partial charge on any atom is 0.240 e. The summed E-state index contributed by atoms with van der Waals surface area (Å²) in [5, 5.41) is 3.62. The summed E-state index contributed by atoms with van der Waals surface area (Å²) >= 11 is 6.02. The molecular formula is C22H21ClN4O3. The highest BCUT2D eigenvalue weighted by molar-refractivity contribution is 6.30. The van der Waals surface area contributed by atoms with Crippen molar-refractivity contribution < 1.29 is 14.3 Å². The largest absolute Gasteiger partial charge is 0.491 e. The molecule has 1 aliphatic rings. The van der Waals surface area contributed by atoms with Gasteiger partial charge in [-0.15, -0.1) is 0 Å². The zero-order valence-electron chi connectivity index (χ0n) is 16.4. The van der Waals surface area contributed by atoms with Crippen molar-refractivity contribution in [3.63, 3.8) is 0 Å². The van der Waals surface area contributed by atoms with E-state index < -0.39 is 6.04 Å². The van der Waals surface area contributed by atoms with E-state index >= 15 is 0 Å². The lowest BCUT2D eigenvalue weighted by atomic mass is 10.1. The van der Waals surface area contributed by atoms with E-state index in [1.54, 1.807) is 30.5 Å².